The molecule has 1 aromatic heterocycles. The monoisotopic (exact) mass is 296 g/mol. The second kappa shape index (κ2) is 7.12. The first-order chi connectivity index (χ1) is 10.1. The van der Waals surface area contributed by atoms with Crippen molar-refractivity contribution in [1.82, 2.24) is 10.6 Å². The molecule has 21 heavy (non-hydrogen) atoms. The number of amides is 2. The highest BCUT2D eigenvalue weighted by molar-refractivity contribution is 5.88. The summed E-state index contributed by atoms with van der Waals surface area (Å²) < 4.78 is 10.8. The summed E-state index contributed by atoms with van der Waals surface area (Å²) in [5.41, 5.74) is 0.114. The molecule has 2 rings (SSSR count). The van der Waals surface area contributed by atoms with Gasteiger partial charge in [-0.25, -0.2) is 9.59 Å². The lowest BCUT2D eigenvalue weighted by Gasteiger charge is -2.22. The molecule has 0 aromatic carbocycles. The Morgan fingerprint density at radius 2 is 2.19 bits per heavy atom. The topological polar surface area (TPSA) is 101 Å². The average Bonchev–Trinajstić information content (AvgIpc) is 2.85. The van der Waals surface area contributed by atoms with Gasteiger partial charge in [0.1, 0.15) is 17.1 Å². The Labute approximate surface area is 122 Å². The van der Waals surface area contributed by atoms with Crippen molar-refractivity contribution in [3.05, 3.63) is 23.2 Å². The first kappa shape index (κ1) is 15.4. The van der Waals surface area contributed by atoms with Crippen LogP contribution in [0.1, 0.15) is 41.1 Å². The predicted molar refractivity (Wildman–Crippen MR) is 74.2 cm³/mol. The highest BCUT2D eigenvalue weighted by atomic mass is 16.5. The van der Waals surface area contributed by atoms with E-state index in [9.17, 15) is 9.59 Å². The van der Waals surface area contributed by atoms with Crippen molar-refractivity contribution in [2.75, 3.05) is 13.2 Å². The van der Waals surface area contributed by atoms with E-state index in [0.717, 1.165) is 25.9 Å². The molecule has 3 N–H and O–H groups in total. The van der Waals surface area contributed by atoms with Crippen molar-refractivity contribution in [2.45, 2.75) is 38.8 Å². The van der Waals surface area contributed by atoms with E-state index >= 15 is 0 Å². The van der Waals surface area contributed by atoms with Gasteiger partial charge < -0.3 is 24.9 Å². The fourth-order valence-electron chi connectivity index (χ4n) is 2.25. The molecule has 0 spiro atoms. The molecule has 1 fully saturated rings. The molecule has 1 atom stereocenters. The van der Waals surface area contributed by atoms with Gasteiger partial charge in [0.15, 0.2) is 0 Å². The SMILES string of the molecule is Cc1oc(CNC(=O)NCC2CCCCO2)cc1C(=O)O. The van der Waals surface area contributed by atoms with Crippen LogP contribution in [-0.2, 0) is 11.3 Å². The Kier molecular flexibility index (Phi) is 5.21. The van der Waals surface area contributed by atoms with Gasteiger partial charge in [0.2, 0.25) is 0 Å². The van der Waals surface area contributed by atoms with Gasteiger partial charge in [0.25, 0.3) is 0 Å². The van der Waals surface area contributed by atoms with Crippen molar-refractivity contribution < 1.29 is 23.8 Å². The number of ether oxygens (including phenoxy) is 1. The summed E-state index contributed by atoms with van der Waals surface area (Å²) in [6, 6.07) is 1.09. The summed E-state index contributed by atoms with van der Waals surface area (Å²) >= 11 is 0. The van der Waals surface area contributed by atoms with Crippen LogP contribution in [0.3, 0.4) is 0 Å². The normalized spacial score (nSPS) is 18.2. The van der Waals surface area contributed by atoms with E-state index in [1.807, 2.05) is 0 Å². The predicted octanol–water partition coefficient (Wildman–Crippen LogP) is 1.65. The Balaban J connectivity index is 1.73. The Bertz CT molecular complexity index is 505. The number of carboxylic acid groups (broad SMARTS) is 1. The van der Waals surface area contributed by atoms with Crippen LogP contribution < -0.4 is 10.6 Å². The molecule has 1 saturated heterocycles. The zero-order valence-electron chi connectivity index (χ0n) is 12.0. The number of hydrogen-bond donors (Lipinski definition) is 3. The average molecular weight is 296 g/mol. The molecule has 116 valence electrons. The molecule has 1 aliphatic rings. The van der Waals surface area contributed by atoms with Crippen molar-refractivity contribution in [3.8, 4) is 0 Å². The molecule has 0 radical (unpaired) electrons. The number of aryl methyl sites for hydroxylation is 1. The zero-order valence-corrected chi connectivity index (χ0v) is 12.0. The van der Waals surface area contributed by atoms with Gasteiger partial charge in [-0.1, -0.05) is 0 Å². The van der Waals surface area contributed by atoms with Gasteiger partial charge in [-0.05, 0) is 32.3 Å². The van der Waals surface area contributed by atoms with Crippen LogP contribution in [0.15, 0.2) is 10.5 Å². The first-order valence-electron chi connectivity index (χ1n) is 7.02. The van der Waals surface area contributed by atoms with Crippen LogP contribution in [0.25, 0.3) is 0 Å². The number of hydrogen-bond acceptors (Lipinski definition) is 4. The van der Waals surface area contributed by atoms with Crippen molar-refractivity contribution in [2.24, 2.45) is 0 Å². The third-order valence-corrected chi connectivity index (χ3v) is 3.39. The van der Waals surface area contributed by atoms with E-state index in [0.29, 0.717) is 18.1 Å². The van der Waals surface area contributed by atoms with E-state index in [4.69, 9.17) is 14.3 Å². The van der Waals surface area contributed by atoms with Crippen LogP contribution in [-0.4, -0.2) is 36.4 Å². The minimum Gasteiger partial charge on any atom is -0.478 e. The van der Waals surface area contributed by atoms with E-state index in [-0.39, 0.29) is 24.2 Å². The lowest BCUT2D eigenvalue weighted by atomic mass is 10.1. The summed E-state index contributed by atoms with van der Waals surface area (Å²) in [4.78, 5) is 22.5. The van der Waals surface area contributed by atoms with E-state index < -0.39 is 5.97 Å². The minimum atomic E-state index is -1.04. The van der Waals surface area contributed by atoms with E-state index in [1.54, 1.807) is 6.92 Å². The van der Waals surface area contributed by atoms with Crippen LogP contribution in [0.5, 0.6) is 0 Å². The molecular weight excluding hydrogens is 276 g/mol. The molecule has 2 amide bonds. The molecule has 2 heterocycles. The zero-order chi connectivity index (χ0) is 15.2. The molecule has 0 bridgehead atoms. The molecule has 0 saturated carbocycles. The molecule has 1 aromatic rings. The van der Waals surface area contributed by atoms with Crippen molar-refractivity contribution in [1.29, 1.82) is 0 Å². The van der Waals surface area contributed by atoms with Crippen molar-refractivity contribution in [3.63, 3.8) is 0 Å². The quantitative estimate of drug-likeness (QED) is 0.767. The number of carbonyl (C=O) groups excluding carboxylic acids is 1. The number of rotatable bonds is 5. The third-order valence-electron chi connectivity index (χ3n) is 3.39. The molecule has 1 aliphatic heterocycles. The summed E-state index contributed by atoms with van der Waals surface area (Å²) in [7, 11) is 0. The van der Waals surface area contributed by atoms with Crippen LogP contribution in [0.2, 0.25) is 0 Å². The molecule has 0 aliphatic carbocycles. The smallest absolute Gasteiger partial charge is 0.339 e. The van der Waals surface area contributed by atoms with Crippen LogP contribution >= 0.6 is 0 Å². The van der Waals surface area contributed by atoms with Gasteiger partial charge >= 0.3 is 12.0 Å². The van der Waals surface area contributed by atoms with Gasteiger partial charge in [-0.2, -0.15) is 0 Å². The number of carbonyl (C=O) groups is 2. The van der Waals surface area contributed by atoms with Gasteiger partial charge in [-0.3, -0.25) is 0 Å². The third kappa shape index (κ3) is 4.49. The Morgan fingerprint density at radius 3 is 2.81 bits per heavy atom. The number of furan rings is 1. The minimum absolute atomic E-state index is 0.0778. The lowest BCUT2D eigenvalue weighted by molar-refractivity contribution is 0.0184. The summed E-state index contributed by atoms with van der Waals surface area (Å²) in [5, 5.41) is 14.3. The summed E-state index contributed by atoms with van der Waals surface area (Å²) in [6.45, 7) is 2.94. The van der Waals surface area contributed by atoms with Crippen LogP contribution in [0.4, 0.5) is 4.79 Å². The maximum atomic E-state index is 11.6. The highest BCUT2D eigenvalue weighted by Crippen LogP contribution is 2.14. The lowest BCUT2D eigenvalue weighted by Crippen LogP contribution is -2.41. The summed E-state index contributed by atoms with van der Waals surface area (Å²) in [6.07, 6.45) is 3.23. The fourth-order valence-corrected chi connectivity index (χ4v) is 2.25. The maximum Gasteiger partial charge on any atom is 0.339 e. The van der Waals surface area contributed by atoms with Crippen molar-refractivity contribution >= 4 is 12.0 Å². The number of urea groups is 1. The number of carboxylic acids is 1. The maximum absolute atomic E-state index is 11.6. The summed E-state index contributed by atoms with van der Waals surface area (Å²) in [5.74, 6) is -0.300. The van der Waals surface area contributed by atoms with Gasteiger partial charge in [0, 0.05) is 13.2 Å². The Hall–Kier alpha value is -2.02. The Morgan fingerprint density at radius 1 is 1.38 bits per heavy atom. The standard InChI is InChI=1S/C14H20N2O5/c1-9-12(13(17)18)6-11(21-9)8-16-14(19)15-7-10-4-2-3-5-20-10/h6,10H,2-5,7-8H2,1H3,(H,17,18)(H2,15,16,19). The molecule has 1 unspecified atom stereocenters. The number of aromatic carboxylic acids is 1. The van der Waals surface area contributed by atoms with Crippen LogP contribution in [0, 0.1) is 6.92 Å². The fraction of sp³-hybridized carbons (Fsp3) is 0.571. The molecule has 7 heteroatoms. The molecule has 7 nitrogen and oxygen atoms in total. The second-order valence-electron chi connectivity index (χ2n) is 5.04. The first-order valence-corrected chi connectivity index (χ1v) is 7.02. The second-order valence-corrected chi connectivity index (χ2v) is 5.04. The molecular formula is C14H20N2O5. The number of nitrogens with one attached hydrogen (secondary N) is 2. The van der Waals surface area contributed by atoms with E-state index in [1.165, 1.54) is 6.07 Å². The van der Waals surface area contributed by atoms with Gasteiger partial charge in [0.05, 0.1) is 12.6 Å². The van der Waals surface area contributed by atoms with Gasteiger partial charge in [-0.15, -0.1) is 0 Å². The highest BCUT2D eigenvalue weighted by Gasteiger charge is 2.16. The van der Waals surface area contributed by atoms with E-state index in [2.05, 4.69) is 10.6 Å². The largest absolute Gasteiger partial charge is 0.478 e.